The Kier molecular flexibility index (Phi) is 6.36. The van der Waals surface area contributed by atoms with Gasteiger partial charge in [0.25, 0.3) is 0 Å². The fourth-order valence-electron chi connectivity index (χ4n) is 3.20. The van der Waals surface area contributed by atoms with Crippen LogP contribution in [0.4, 0.5) is 5.00 Å². The van der Waals surface area contributed by atoms with E-state index in [1.165, 1.54) is 24.5 Å². The molecule has 1 aliphatic rings. The third kappa shape index (κ3) is 4.20. The van der Waals surface area contributed by atoms with Gasteiger partial charge in [-0.1, -0.05) is 6.07 Å². The number of fused-ring (bicyclic) bond motifs is 1. The SMILES string of the molecule is CCOc1ccc(C=CC(=O)Nc2sc3c(c2C(=O)OC)CCC3)cc1OC. The van der Waals surface area contributed by atoms with Gasteiger partial charge in [-0.05, 0) is 55.5 Å². The maximum Gasteiger partial charge on any atom is 0.341 e. The Bertz CT molecular complexity index is 916. The van der Waals surface area contributed by atoms with Crippen LogP contribution in [0.3, 0.4) is 0 Å². The number of ether oxygens (including phenoxy) is 3. The average molecular weight is 401 g/mol. The number of methoxy groups -OCH3 is 2. The van der Waals surface area contributed by atoms with Gasteiger partial charge in [0.1, 0.15) is 5.00 Å². The lowest BCUT2D eigenvalue weighted by Crippen LogP contribution is -2.12. The average Bonchev–Trinajstić information content (AvgIpc) is 3.27. The lowest BCUT2D eigenvalue weighted by molar-refractivity contribution is -0.111. The minimum Gasteiger partial charge on any atom is -0.493 e. The van der Waals surface area contributed by atoms with Gasteiger partial charge in [0.05, 0.1) is 26.4 Å². The van der Waals surface area contributed by atoms with Crippen LogP contribution in [-0.4, -0.2) is 32.7 Å². The molecule has 1 heterocycles. The molecule has 1 aromatic heterocycles. The first-order chi connectivity index (χ1) is 13.6. The molecule has 0 spiro atoms. The molecule has 1 aliphatic carbocycles. The first-order valence-electron chi connectivity index (χ1n) is 9.10. The lowest BCUT2D eigenvalue weighted by Gasteiger charge is -2.09. The minimum atomic E-state index is -0.407. The molecule has 0 saturated heterocycles. The zero-order chi connectivity index (χ0) is 20.1. The number of esters is 1. The van der Waals surface area contributed by atoms with Gasteiger partial charge >= 0.3 is 5.97 Å². The van der Waals surface area contributed by atoms with Crippen LogP contribution in [0.15, 0.2) is 24.3 Å². The van der Waals surface area contributed by atoms with E-state index in [2.05, 4.69) is 5.32 Å². The second-order valence-corrected chi connectivity index (χ2v) is 7.32. The fraction of sp³-hybridized carbons (Fsp3) is 0.333. The monoisotopic (exact) mass is 401 g/mol. The fourth-order valence-corrected chi connectivity index (χ4v) is 4.48. The Morgan fingerprint density at radius 3 is 2.75 bits per heavy atom. The van der Waals surface area contributed by atoms with Crippen LogP contribution in [0.1, 0.15) is 39.7 Å². The van der Waals surface area contributed by atoms with Crippen molar-refractivity contribution in [2.75, 3.05) is 26.1 Å². The van der Waals surface area contributed by atoms with E-state index in [9.17, 15) is 9.59 Å². The van der Waals surface area contributed by atoms with E-state index in [-0.39, 0.29) is 5.91 Å². The molecule has 1 N–H and O–H groups in total. The number of thiophene rings is 1. The largest absolute Gasteiger partial charge is 0.493 e. The summed E-state index contributed by atoms with van der Waals surface area (Å²) in [5.74, 6) is 0.544. The Balaban J connectivity index is 1.75. The molecule has 1 aromatic carbocycles. The number of hydrogen-bond acceptors (Lipinski definition) is 6. The molecule has 148 valence electrons. The van der Waals surface area contributed by atoms with Crippen molar-refractivity contribution < 1.29 is 23.8 Å². The maximum atomic E-state index is 12.4. The van der Waals surface area contributed by atoms with Crippen molar-refractivity contribution in [2.45, 2.75) is 26.2 Å². The summed E-state index contributed by atoms with van der Waals surface area (Å²) in [5, 5.41) is 3.37. The topological polar surface area (TPSA) is 73.9 Å². The van der Waals surface area contributed by atoms with Crippen molar-refractivity contribution >= 4 is 34.3 Å². The van der Waals surface area contributed by atoms with Crippen molar-refractivity contribution in [1.29, 1.82) is 0 Å². The molecule has 0 aliphatic heterocycles. The molecule has 7 heteroatoms. The van der Waals surface area contributed by atoms with E-state index in [1.54, 1.807) is 25.3 Å². The van der Waals surface area contributed by atoms with Crippen LogP contribution in [0.25, 0.3) is 6.08 Å². The van der Waals surface area contributed by atoms with Crippen LogP contribution >= 0.6 is 11.3 Å². The van der Waals surface area contributed by atoms with Crippen LogP contribution in [0, 0.1) is 0 Å². The number of carbonyl (C=O) groups excluding carboxylic acids is 2. The highest BCUT2D eigenvalue weighted by Gasteiger charge is 2.27. The Morgan fingerprint density at radius 1 is 1.21 bits per heavy atom. The standard InChI is InChI=1S/C21H23NO5S/c1-4-27-15-10-8-13(12-16(15)25-2)9-11-18(23)22-20-19(21(24)26-3)14-6-5-7-17(14)28-20/h8-12H,4-7H2,1-3H3,(H,22,23). The maximum absolute atomic E-state index is 12.4. The van der Waals surface area contributed by atoms with Gasteiger partial charge in [0, 0.05) is 11.0 Å². The van der Waals surface area contributed by atoms with Crippen LogP contribution in [-0.2, 0) is 22.4 Å². The van der Waals surface area contributed by atoms with E-state index in [0.29, 0.717) is 28.7 Å². The summed E-state index contributed by atoms with van der Waals surface area (Å²) in [6, 6.07) is 5.45. The van der Waals surface area contributed by atoms with Crippen molar-refractivity contribution in [1.82, 2.24) is 0 Å². The Hall–Kier alpha value is -2.80. The number of nitrogens with one attached hydrogen (secondary N) is 1. The molecule has 2 aromatic rings. The Labute approximate surface area is 168 Å². The smallest absolute Gasteiger partial charge is 0.341 e. The number of hydrogen-bond donors (Lipinski definition) is 1. The number of benzene rings is 1. The van der Waals surface area contributed by atoms with Gasteiger partial charge in [-0.2, -0.15) is 0 Å². The predicted octanol–water partition coefficient (Wildman–Crippen LogP) is 4.08. The summed E-state index contributed by atoms with van der Waals surface area (Å²) < 4.78 is 15.7. The highest BCUT2D eigenvalue weighted by Crippen LogP contribution is 2.39. The zero-order valence-electron chi connectivity index (χ0n) is 16.2. The molecule has 0 bridgehead atoms. The van der Waals surface area contributed by atoms with E-state index in [0.717, 1.165) is 35.3 Å². The van der Waals surface area contributed by atoms with Gasteiger partial charge in [0.15, 0.2) is 11.5 Å². The minimum absolute atomic E-state index is 0.307. The predicted molar refractivity (Wildman–Crippen MR) is 110 cm³/mol. The molecule has 0 fully saturated rings. The molecular weight excluding hydrogens is 378 g/mol. The summed E-state index contributed by atoms with van der Waals surface area (Å²) in [4.78, 5) is 25.7. The third-order valence-corrected chi connectivity index (χ3v) is 5.67. The molecule has 0 atom stereocenters. The van der Waals surface area contributed by atoms with Gasteiger partial charge < -0.3 is 19.5 Å². The second kappa shape index (κ2) is 8.93. The molecule has 3 rings (SSSR count). The van der Waals surface area contributed by atoms with Gasteiger partial charge in [-0.25, -0.2) is 4.79 Å². The molecule has 0 unspecified atom stereocenters. The first kappa shape index (κ1) is 19.9. The lowest BCUT2D eigenvalue weighted by atomic mass is 10.1. The summed E-state index contributed by atoms with van der Waals surface area (Å²) >= 11 is 1.45. The highest BCUT2D eigenvalue weighted by molar-refractivity contribution is 7.17. The van der Waals surface area contributed by atoms with E-state index < -0.39 is 5.97 Å². The molecule has 0 radical (unpaired) electrons. The third-order valence-electron chi connectivity index (χ3n) is 4.46. The normalized spacial score (nSPS) is 12.7. The Morgan fingerprint density at radius 2 is 2.04 bits per heavy atom. The zero-order valence-corrected chi connectivity index (χ0v) is 17.0. The number of aryl methyl sites for hydroxylation is 1. The highest BCUT2D eigenvalue weighted by atomic mass is 32.1. The summed E-state index contributed by atoms with van der Waals surface area (Å²) in [7, 11) is 2.93. The number of anilines is 1. The van der Waals surface area contributed by atoms with Gasteiger partial charge in [-0.15, -0.1) is 11.3 Å². The van der Waals surface area contributed by atoms with Crippen molar-refractivity contribution in [2.24, 2.45) is 0 Å². The second-order valence-electron chi connectivity index (χ2n) is 6.22. The molecule has 6 nitrogen and oxygen atoms in total. The molecule has 1 amide bonds. The van der Waals surface area contributed by atoms with Crippen LogP contribution in [0.2, 0.25) is 0 Å². The van der Waals surface area contributed by atoms with Crippen molar-refractivity contribution in [3.05, 3.63) is 45.8 Å². The molecular formula is C21H23NO5S. The van der Waals surface area contributed by atoms with Crippen molar-refractivity contribution in [3.8, 4) is 11.5 Å². The summed E-state index contributed by atoms with van der Waals surface area (Å²) in [6.07, 6.45) is 5.92. The van der Waals surface area contributed by atoms with Crippen LogP contribution in [0.5, 0.6) is 11.5 Å². The summed E-state index contributed by atoms with van der Waals surface area (Å²) in [5.41, 5.74) is 2.30. The van der Waals surface area contributed by atoms with E-state index in [1.807, 2.05) is 13.0 Å². The van der Waals surface area contributed by atoms with Crippen LogP contribution < -0.4 is 14.8 Å². The summed E-state index contributed by atoms with van der Waals surface area (Å²) in [6.45, 7) is 2.45. The number of rotatable bonds is 7. The van der Waals surface area contributed by atoms with E-state index in [4.69, 9.17) is 14.2 Å². The molecule has 0 saturated carbocycles. The quantitative estimate of drug-likeness (QED) is 0.559. The number of amides is 1. The van der Waals surface area contributed by atoms with E-state index >= 15 is 0 Å². The van der Waals surface area contributed by atoms with Crippen molar-refractivity contribution in [3.63, 3.8) is 0 Å². The van der Waals surface area contributed by atoms with Gasteiger partial charge in [0.2, 0.25) is 5.91 Å². The number of carbonyl (C=O) groups is 2. The first-order valence-corrected chi connectivity index (χ1v) is 9.91. The molecule has 28 heavy (non-hydrogen) atoms. The van der Waals surface area contributed by atoms with Gasteiger partial charge in [-0.3, -0.25) is 4.79 Å².